The minimum atomic E-state index is 0.000145. The summed E-state index contributed by atoms with van der Waals surface area (Å²) in [4.78, 5) is 11.4. The van der Waals surface area contributed by atoms with E-state index in [2.05, 4.69) is 24.5 Å². The first-order chi connectivity index (χ1) is 7.68. The Morgan fingerprint density at radius 1 is 1.50 bits per heavy atom. The van der Waals surface area contributed by atoms with E-state index in [1.807, 2.05) is 12.1 Å². The van der Waals surface area contributed by atoms with Crippen molar-refractivity contribution in [1.82, 2.24) is 10.6 Å². The minimum Gasteiger partial charge on any atom is -0.467 e. The zero-order chi connectivity index (χ0) is 11.8. The van der Waals surface area contributed by atoms with Crippen molar-refractivity contribution in [2.45, 2.75) is 26.8 Å². The molecule has 90 valence electrons. The van der Waals surface area contributed by atoms with Crippen molar-refractivity contribution in [2.24, 2.45) is 5.92 Å². The van der Waals surface area contributed by atoms with Gasteiger partial charge in [0.05, 0.1) is 19.4 Å². The van der Waals surface area contributed by atoms with E-state index in [1.165, 1.54) is 0 Å². The Kier molecular flexibility index (Phi) is 5.64. The van der Waals surface area contributed by atoms with Crippen LogP contribution in [0.2, 0.25) is 0 Å². The number of furan rings is 1. The molecule has 0 aromatic carbocycles. The quantitative estimate of drug-likeness (QED) is 0.691. The first-order valence-electron chi connectivity index (χ1n) is 5.68. The molecular formula is C12H20N2O2. The molecule has 0 radical (unpaired) electrons. The third kappa shape index (κ3) is 5.56. The van der Waals surface area contributed by atoms with E-state index in [9.17, 15) is 4.79 Å². The predicted molar refractivity (Wildman–Crippen MR) is 62.9 cm³/mol. The van der Waals surface area contributed by atoms with Gasteiger partial charge in [-0.05, 0) is 31.0 Å². The average molecular weight is 224 g/mol. The predicted octanol–water partition coefficient (Wildman–Crippen LogP) is 1.53. The van der Waals surface area contributed by atoms with Crippen molar-refractivity contribution in [3.05, 3.63) is 24.2 Å². The Balaban J connectivity index is 2.03. The molecule has 0 unspecified atom stereocenters. The fourth-order valence-corrected chi connectivity index (χ4v) is 1.25. The number of hydrogen-bond acceptors (Lipinski definition) is 3. The van der Waals surface area contributed by atoms with Gasteiger partial charge in [-0.25, -0.2) is 0 Å². The second-order valence-electron chi connectivity index (χ2n) is 4.22. The monoisotopic (exact) mass is 224 g/mol. The van der Waals surface area contributed by atoms with E-state index >= 15 is 0 Å². The van der Waals surface area contributed by atoms with Crippen LogP contribution < -0.4 is 10.6 Å². The summed E-state index contributed by atoms with van der Waals surface area (Å²) < 4.78 is 5.11. The summed E-state index contributed by atoms with van der Waals surface area (Å²) in [7, 11) is 0. The van der Waals surface area contributed by atoms with E-state index in [0.29, 0.717) is 19.0 Å². The van der Waals surface area contributed by atoms with Crippen LogP contribution in [-0.4, -0.2) is 19.0 Å². The van der Waals surface area contributed by atoms with Crippen LogP contribution in [0.5, 0.6) is 0 Å². The van der Waals surface area contributed by atoms with Crippen LogP contribution >= 0.6 is 0 Å². The zero-order valence-corrected chi connectivity index (χ0v) is 9.95. The normalized spacial score (nSPS) is 10.7. The van der Waals surface area contributed by atoms with E-state index in [1.54, 1.807) is 6.26 Å². The number of amides is 1. The van der Waals surface area contributed by atoms with Crippen molar-refractivity contribution >= 4 is 5.91 Å². The lowest BCUT2D eigenvalue weighted by Gasteiger charge is -2.07. The summed E-state index contributed by atoms with van der Waals surface area (Å²) in [6, 6.07) is 3.65. The third-order valence-electron chi connectivity index (χ3n) is 2.22. The molecule has 1 heterocycles. The van der Waals surface area contributed by atoms with E-state index in [0.717, 1.165) is 18.7 Å². The van der Waals surface area contributed by atoms with Crippen LogP contribution in [0.15, 0.2) is 22.8 Å². The maximum Gasteiger partial charge on any atom is 0.234 e. The molecule has 4 nitrogen and oxygen atoms in total. The molecule has 0 atom stereocenters. The van der Waals surface area contributed by atoms with Crippen molar-refractivity contribution in [3.8, 4) is 0 Å². The van der Waals surface area contributed by atoms with Crippen molar-refractivity contribution in [3.63, 3.8) is 0 Å². The summed E-state index contributed by atoms with van der Waals surface area (Å²) in [6.45, 7) is 6.04. The van der Waals surface area contributed by atoms with Crippen LogP contribution in [0, 0.1) is 5.92 Å². The summed E-state index contributed by atoms with van der Waals surface area (Å²) in [6.07, 6.45) is 2.69. The Hall–Kier alpha value is -1.29. The lowest BCUT2D eigenvalue weighted by molar-refractivity contribution is -0.120. The molecule has 0 bridgehead atoms. The van der Waals surface area contributed by atoms with E-state index in [4.69, 9.17) is 4.42 Å². The maximum atomic E-state index is 11.4. The first kappa shape index (κ1) is 12.8. The lowest BCUT2D eigenvalue weighted by Crippen LogP contribution is -2.34. The molecule has 4 heteroatoms. The SMILES string of the molecule is CC(C)CCNCC(=O)NCc1ccco1. The number of rotatable bonds is 7. The van der Waals surface area contributed by atoms with Crippen LogP contribution in [-0.2, 0) is 11.3 Å². The van der Waals surface area contributed by atoms with Gasteiger partial charge in [0, 0.05) is 0 Å². The molecule has 1 aromatic heterocycles. The largest absolute Gasteiger partial charge is 0.467 e. The van der Waals surface area contributed by atoms with Crippen LogP contribution in [0.25, 0.3) is 0 Å². The Morgan fingerprint density at radius 2 is 2.31 bits per heavy atom. The highest BCUT2D eigenvalue weighted by molar-refractivity contribution is 5.77. The van der Waals surface area contributed by atoms with E-state index in [-0.39, 0.29) is 5.91 Å². The summed E-state index contributed by atoms with van der Waals surface area (Å²) in [5.41, 5.74) is 0. The van der Waals surface area contributed by atoms with Gasteiger partial charge in [0.15, 0.2) is 0 Å². The molecule has 0 saturated carbocycles. The van der Waals surface area contributed by atoms with Gasteiger partial charge in [-0.15, -0.1) is 0 Å². The molecule has 0 saturated heterocycles. The van der Waals surface area contributed by atoms with Gasteiger partial charge < -0.3 is 15.1 Å². The number of carbonyl (C=O) groups excluding carboxylic acids is 1. The first-order valence-corrected chi connectivity index (χ1v) is 5.68. The number of nitrogens with one attached hydrogen (secondary N) is 2. The Labute approximate surface area is 96.4 Å². The van der Waals surface area contributed by atoms with Gasteiger partial charge in [-0.1, -0.05) is 13.8 Å². The fourth-order valence-electron chi connectivity index (χ4n) is 1.25. The third-order valence-corrected chi connectivity index (χ3v) is 2.22. The molecule has 16 heavy (non-hydrogen) atoms. The minimum absolute atomic E-state index is 0.000145. The van der Waals surface area contributed by atoms with Crippen molar-refractivity contribution < 1.29 is 9.21 Å². The molecule has 1 rings (SSSR count). The van der Waals surface area contributed by atoms with Gasteiger partial charge in [0.2, 0.25) is 5.91 Å². The highest BCUT2D eigenvalue weighted by Gasteiger charge is 2.02. The molecule has 1 amide bonds. The highest BCUT2D eigenvalue weighted by atomic mass is 16.3. The second kappa shape index (κ2) is 7.06. The van der Waals surface area contributed by atoms with Gasteiger partial charge in [-0.2, -0.15) is 0 Å². The molecule has 0 aliphatic rings. The molecule has 0 aliphatic carbocycles. The Morgan fingerprint density at radius 3 is 2.94 bits per heavy atom. The highest BCUT2D eigenvalue weighted by Crippen LogP contribution is 1.98. The van der Waals surface area contributed by atoms with Crippen molar-refractivity contribution in [2.75, 3.05) is 13.1 Å². The van der Waals surface area contributed by atoms with E-state index < -0.39 is 0 Å². The van der Waals surface area contributed by atoms with Crippen LogP contribution in [0.3, 0.4) is 0 Å². The average Bonchev–Trinajstić information content (AvgIpc) is 2.74. The maximum absolute atomic E-state index is 11.4. The second-order valence-corrected chi connectivity index (χ2v) is 4.22. The number of hydrogen-bond donors (Lipinski definition) is 2. The summed E-state index contributed by atoms with van der Waals surface area (Å²) in [5.74, 6) is 1.44. The van der Waals surface area contributed by atoms with Gasteiger partial charge in [-0.3, -0.25) is 4.79 Å². The molecule has 0 fully saturated rings. The topological polar surface area (TPSA) is 54.3 Å². The van der Waals surface area contributed by atoms with Crippen LogP contribution in [0.1, 0.15) is 26.0 Å². The zero-order valence-electron chi connectivity index (χ0n) is 9.95. The van der Waals surface area contributed by atoms with Gasteiger partial charge in [0.25, 0.3) is 0 Å². The molecule has 2 N–H and O–H groups in total. The molecule has 0 aliphatic heterocycles. The fraction of sp³-hybridized carbons (Fsp3) is 0.583. The van der Waals surface area contributed by atoms with Crippen LogP contribution in [0.4, 0.5) is 0 Å². The molecular weight excluding hydrogens is 204 g/mol. The summed E-state index contributed by atoms with van der Waals surface area (Å²) >= 11 is 0. The standard InChI is InChI=1S/C12H20N2O2/c1-10(2)5-6-13-9-12(15)14-8-11-4-3-7-16-11/h3-4,7,10,13H,5-6,8-9H2,1-2H3,(H,14,15). The van der Waals surface area contributed by atoms with Gasteiger partial charge >= 0.3 is 0 Å². The Bertz CT molecular complexity index is 294. The molecule has 0 spiro atoms. The van der Waals surface area contributed by atoms with Crippen molar-refractivity contribution in [1.29, 1.82) is 0 Å². The lowest BCUT2D eigenvalue weighted by atomic mass is 10.1. The number of carbonyl (C=O) groups is 1. The van der Waals surface area contributed by atoms with Gasteiger partial charge in [0.1, 0.15) is 5.76 Å². The smallest absolute Gasteiger partial charge is 0.234 e. The summed E-state index contributed by atoms with van der Waals surface area (Å²) in [5, 5.41) is 5.88. The molecule has 1 aromatic rings.